The van der Waals surface area contributed by atoms with E-state index in [0.29, 0.717) is 0 Å². The number of hydrogen-bond acceptors (Lipinski definition) is 3. The van der Waals surface area contributed by atoms with Crippen molar-refractivity contribution in [2.75, 3.05) is 0 Å². The number of carbonyl (C=O) groups is 1. The maximum atomic E-state index is 11.2. The molecule has 1 nitrogen and oxygen atoms in total. The second-order valence-electron chi connectivity index (χ2n) is 2.88. The van der Waals surface area contributed by atoms with Crippen molar-refractivity contribution in [1.82, 2.24) is 0 Å². The van der Waals surface area contributed by atoms with Gasteiger partial charge >= 0.3 is 0 Å². The Kier molecular flexibility index (Phi) is 2.30. The summed E-state index contributed by atoms with van der Waals surface area (Å²) in [6.07, 6.45) is 0. The Morgan fingerprint density at radius 1 is 1.46 bits per heavy atom. The third-order valence-electron chi connectivity index (χ3n) is 1.84. The Morgan fingerprint density at radius 2 is 2.15 bits per heavy atom. The third kappa shape index (κ3) is 1.37. The minimum absolute atomic E-state index is 0.139. The second-order valence-corrected chi connectivity index (χ2v) is 5.57. The van der Waals surface area contributed by atoms with Gasteiger partial charge in [0.15, 0.2) is 5.78 Å². The maximum absolute atomic E-state index is 11.2. The summed E-state index contributed by atoms with van der Waals surface area (Å²) in [6.45, 7) is 3.68. The monoisotopic (exact) mass is 274 g/mol. The highest BCUT2D eigenvalue weighted by molar-refractivity contribution is 9.10. The van der Waals surface area contributed by atoms with E-state index < -0.39 is 0 Å². The fraction of sp³-hybridized carbons (Fsp3) is 0.222. The first kappa shape index (κ1) is 9.37. The summed E-state index contributed by atoms with van der Waals surface area (Å²) >= 11 is 6.74. The molecule has 0 spiro atoms. The average Bonchev–Trinajstić information content (AvgIpc) is 2.55. The van der Waals surface area contributed by atoms with Gasteiger partial charge in [0.25, 0.3) is 0 Å². The molecule has 0 saturated heterocycles. The van der Waals surface area contributed by atoms with E-state index in [2.05, 4.69) is 28.2 Å². The SMILES string of the molecule is CC(=O)c1sc2c(C)csc2c1Br. The fourth-order valence-electron chi connectivity index (χ4n) is 1.19. The molecular weight excluding hydrogens is 268 g/mol. The summed E-state index contributed by atoms with van der Waals surface area (Å²) in [4.78, 5) is 12.1. The smallest absolute Gasteiger partial charge is 0.170 e. The minimum Gasteiger partial charge on any atom is -0.294 e. The topological polar surface area (TPSA) is 17.1 Å². The van der Waals surface area contributed by atoms with E-state index >= 15 is 0 Å². The van der Waals surface area contributed by atoms with Gasteiger partial charge in [-0.3, -0.25) is 4.79 Å². The van der Waals surface area contributed by atoms with Gasteiger partial charge in [-0.05, 0) is 40.7 Å². The molecule has 0 radical (unpaired) electrons. The lowest BCUT2D eigenvalue weighted by molar-refractivity contribution is 0.102. The zero-order chi connectivity index (χ0) is 9.59. The van der Waals surface area contributed by atoms with Gasteiger partial charge in [0.2, 0.25) is 0 Å². The van der Waals surface area contributed by atoms with Gasteiger partial charge < -0.3 is 0 Å². The molecule has 0 amide bonds. The average molecular weight is 275 g/mol. The van der Waals surface area contributed by atoms with Crippen molar-refractivity contribution in [3.8, 4) is 0 Å². The fourth-order valence-corrected chi connectivity index (χ4v) is 4.57. The standard InChI is InChI=1S/C9H7BrOS2/c1-4-3-12-9-6(10)8(5(2)11)13-7(4)9/h3H,1-2H3. The lowest BCUT2D eigenvalue weighted by Gasteiger charge is -1.87. The second kappa shape index (κ2) is 3.19. The molecular formula is C9H7BrOS2. The van der Waals surface area contributed by atoms with Gasteiger partial charge in [0.05, 0.1) is 14.0 Å². The minimum atomic E-state index is 0.139. The van der Waals surface area contributed by atoms with Crippen LogP contribution in [0, 0.1) is 6.92 Å². The van der Waals surface area contributed by atoms with Crippen molar-refractivity contribution in [3.63, 3.8) is 0 Å². The van der Waals surface area contributed by atoms with E-state index in [1.54, 1.807) is 29.6 Å². The summed E-state index contributed by atoms with van der Waals surface area (Å²) in [5, 5.41) is 2.12. The molecule has 68 valence electrons. The van der Waals surface area contributed by atoms with Crippen molar-refractivity contribution >= 4 is 53.8 Å². The molecule has 13 heavy (non-hydrogen) atoms. The van der Waals surface area contributed by atoms with Crippen LogP contribution >= 0.6 is 38.6 Å². The number of Topliss-reactive ketones (excluding diaryl/α,β-unsaturated/α-hetero) is 1. The van der Waals surface area contributed by atoms with Crippen molar-refractivity contribution in [1.29, 1.82) is 0 Å². The van der Waals surface area contributed by atoms with E-state index in [0.717, 1.165) is 9.35 Å². The lowest BCUT2D eigenvalue weighted by Crippen LogP contribution is -1.86. The first-order chi connectivity index (χ1) is 6.11. The van der Waals surface area contributed by atoms with Crippen LogP contribution in [0.2, 0.25) is 0 Å². The predicted molar refractivity (Wildman–Crippen MR) is 62.1 cm³/mol. The number of ketones is 1. The molecule has 0 fully saturated rings. The quantitative estimate of drug-likeness (QED) is 0.711. The molecule has 2 aromatic rings. The van der Waals surface area contributed by atoms with Gasteiger partial charge in [-0.15, -0.1) is 22.7 Å². The van der Waals surface area contributed by atoms with Crippen LogP contribution in [0.5, 0.6) is 0 Å². The number of halogens is 1. The van der Waals surface area contributed by atoms with Crippen molar-refractivity contribution in [3.05, 3.63) is 20.3 Å². The van der Waals surface area contributed by atoms with Crippen LogP contribution in [0.15, 0.2) is 9.85 Å². The third-order valence-corrected chi connectivity index (χ3v) is 5.83. The van der Waals surface area contributed by atoms with Gasteiger partial charge in [-0.25, -0.2) is 0 Å². The van der Waals surface area contributed by atoms with E-state index in [1.165, 1.54) is 15.0 Å². The van der Waals surface area contributed by atoms with Crippen LogP contribution in [-0.2, 0) is 0 Å². The number of carbonyl (C=O) groups excluding carboxylic acids is 1. The van der Waals surface area contributed by atoms with E-state index in [-0.39, 0.29) is 5.78 Å². The highest BCUT2D eigenvalue weighted by Gasteiger charge is 2.15. The molecule has 0 N–H and O–H groups in total. The lowest BCUT2D eigenvalue weighted by atomic mass is 10.3. The predicted octanol–water partition coefficient (Wildman–Crippen LogP) is 4.24. The normalized spacial score (nSPS) is 11.0. The Bertz CT molecular complexity index is 481. The molecule has 0 atom stereocenters. The highest BCUT2D eigenvalue weighted by Crippen LogP contribution is 2.41. The maximum Gasteiger partial charge on any atom is 0.170 e. The summed E-state index contributed by atoms with van der Waals surface area (Å²) < 4.78 is 3.41. The summed E-state index contributed by atoms with van der Waals surface area (Å²) in [5.41, 5.74) is 1.26. The molecule has 0 aliphatic heterocycles. The Morgan fingerprint density at radius 3 is 2.69 bits per heavy atom. The first-order valence-electron chi connectivity index (χ1n) is 3.78. The molecule has 0 aliphatic rings. The van der Waals surface area contributed by atoms with Crippen molar-refractivity contribution < 1.29 is 4.79 Å². The summed E-state index contributed by atoms with van der Waals surface area (Å²) in [7, 11) is 0. The van der Waals surface area contributed by atoms with Crippen LogP contribution < -0.4 is 0 Å². The first-order valence-corrected chi connectivity index (χ1v) is 6.27. The largest absolute Gasteiger partial charge is 0.294 e. The van der Waals surface area contributed by atoms with Crippen LogP contribution in [-0.4, -0.2) is 5.78 Å². The van der Waals surface area contributed by atoms with E-state index in [4.69, 9.17) is 0 Å². The van der Waals surface area contributed by atoms with Gasteiger partial charge in [-0.1, -0.05) is 0 Å². The van der Waals surface area contributed by atoms with Crippen LogP contribution in [0.4, 0.5) is 0 Å². The van der Waals surface area contributed by atoms with Gasteiger partial charge in [-0.2, -0.15) is 0 Å². The molecule has 0 saturated carbocycles. The molecule has 2 aromatic heterocycles. The molecule has 0 unspecified atom stereocenters. The number of hydrogen-bond donors (Lipinski definition) is 0. The van der Waals surface area contributed by atoms with Gasteiger partial charge in [0, 0.05) is 4.70 Å². The Labute approximate surface area is 92.5 Å². The summed E-state index contributed by atoms with van der Waals surface area (Å²) in [6, 6.07) is 0. The number of aryl methyl sites for hydroxylation is 1. The Hall–Kier alpha value is -0.190. The molecule has 0 aliphatic carbocycles. The Balaban J connectivity index is 2.81. The molecule has 0 bridgehead atoms. The summed E-state index contributed by atoms with van der Waals surface area (Å²) in [5.74, 6) is 0.139. The van der Waals surface area contributed by atoms with E-state index in [9.17, 15) is 4.79 Å². The molecule has 2 heterocycles. The van der Waals surface area contributed by atoms with Crippen molar-refractivity contribution in [2.24, 2.45) is 0 Å². The van der Waals surface area contributed by atoms with Gasteiger partial charge in [0.1, 0.15) is 0 Å². The molecule has 4 heteroatoms. The zero-order valence-corrected chi connectivity index (χ0v) is 10.4. The zero-order valence-electron chi connectivity index (χ0n) is 7.18. The highest BCUT2D eigenvalue weighted by atomic mass is 79.9. The van der Waals surface area contributed by atoms with Crippen LogP contribution in [0.25, 0.3) is 9.40 Å². The van der Waals surface area contributed by atoms with Crippen LogP contribution in [0.3, 0.4) is 0 Å². The molecule has 0 aromatic carbocycles. The molecule has 2 rings (SSSR count). The van der Waals surface area contributed by atoms with Crippen molar-refractivity contribution in [2.45, 2.75) is 13.8 Å². The number of fused-ring (bicyclic) bond motifs is 1. The number of thiophene rings is 2. The van der Waals surface area contributed by atoms with Crippen LogP contribution in [0.1, 0.15) is 22.2 Å². The van der Waals surface area contributed by atoms with E-state index in [1.807, 2.05) is 0 Å². The number of rotatable bonds is 1.